The highest BCUT2D eigenvalue weighted by atomic mass is 35.6. The highest BCUT2D eigenvalue weighted by Gasteiger charge is 2.45. The van der Waals surface area contributed by atoms with E-state index in [1.165, 1.54) is 32.9 Å². The van der Waals surface area contributed by atoms with Crippen LogP contribution in [-0.4, -0.2) is 202 Å². The molecule has 0 aromatic heterocycles. The average Bonchev–Trinajstić information content (AvgIpc) is 0.711. The predicted octanol–water partition coefficient (Wildman–Crippen LogP) is 10.4. The number of rotatable bonds is 0. The molecule has 0 saturated carbocycles. The molecule has 0 spiro atoms. The molecule has 8 heterocycles. The summed E-state index contributed by atoms with van der Waals surface area (Å²) >= 11 is 14.2. The van der Waals surface area contributed by atoms with Gasteiger partial charge in [-0.1, -0.05) is 64.5 Å². The van der Waals surface area contributed by atoms with E-state index in [-0.39, 0.29) is 78.0 Å². The molecule has 4 unspecified atom stereocenters. The van der Waals surface area contributed by atoms with Gasteiger partial charge in [-0.25, -0.2) is 9.59 Å². The molecule has 0 aliphatic carbocycles. The largest absolute Gasteiger partial charge is 0.444 e. The number of amides is 4. The summed E-state index contributed by atoms with van der Waals surface area (Å²) in [5, 5.41) is 53.3. The smallest absolute Gasteiger partial charge is 0.410 e. The number of hydrogen-bond donors (Lipinski definition) is 9. The van der Waals surface area contributed by atoms with E-state index in [1.807, 2.05) is 41.5 Å². The summed E-state index contributed by atoms with van der Waals surface area (Å²) in [6.45, 7) is 29.8. The lowest BCUT2D eigenvalue weighted by molar-refractivity contribution is -0.129. The van der Waals surface area contributed by atoms with Crippen LogP contribution >= 0.6 is 34.8 Å². The van der Waals surface area contributed by atoms with Crippen molar-refractivity contribution in [1.82, 2.24) is 41.3 Å². The minimum absolute atomic E-state index is 0. The van der Waals surface area contributed by atoms with Crippen molar-refractivity contribution >= 4 is 76.3 Å². The summed E-state index contributed by atoms with van der Waals surface area (Å²) in [6, 6.07) is 0. The van der Waals surface area contributed by atoms with E-state index in [2.05, 4.69) is 45.0 Å². The second kappa shape index (κ2) is 38.7. The fourth-order valence-corrected chi connectivity index (χ4v) is 7.92. The number of carbonyl (C=O) groups excluding carboxylic acids is 6. The van der Waals surface area contributed by atoms with Gasteiger partial charge in [0.2, 0.25) is 11.8 Å². The number of fused-ring (bicyclic) bond motifs is 1. The number of aliphatic imine (C=N–C) groups is 1. The van der Waals surface area contributed by atoms with E-state index in [1.54, 1.807) is 65.6 Å². The van der Waals surface area contributed by atoms with E-state index in [9.17, 15) is 49.2 Å². The Morgan fingerprint density at radius 3 is 1.55 bits per heavy atom. The number of alkyl halides is 3. The lowest BCUT2D eigenvalue weighted by Gasteiger charge is -2.47. The van der Waals surface area contributed by atoms with Gasteiger partial charge in [-0.2, -0.15) is 0 Å². The van der Waals surface area contributed by atoms with Crippen LogP contribution in [-0.2, 0) is 28.7 Å². The monoisotopic (exact) mass is 1330 g/mol. The van der Waals surface area contributed by atoms with Gasteiger partial charge >= 0.3 is 12.2 Å². The SMILES string of the molecule is C.C.C.C.C1CN=C2NCCCN2C1.CC1(O)CCC(C)(C)N(C(=O)OC(C)(C)C)C1.CC1(O)CCC(C)(C)NC1.O=C1CCC(=O)NC1.[2H]C(Cl)(Cl)Cl.[2H]C1([2H])CC(=O)NC([2H])([2H])C1=O.[2H]C1([2H])CC(C)(C)N(C(=O)OC(C)(C)C)C([2H])([2H])C1(C)O.[2H]C1([2H])CC(C)(C)NC([2H])([2H])C1(C)O. The molecule has 7 fully saturated rings. The Morgan fingerprint density at radius 1 is 0.602 bits per heavy atom. The third-order valence-electron chi connectivity index (χ3n) is 13.1. The van der Waals surface area contributed by atoms with Crippen molar-refractivity contribution in [3.63, 3.8) is 0 Å². The van der Waals surface area contributed by atoms with Crippen LogP contribution in [0.2, 0.25) is 0 Å². The van der Waals surface area contributed by atoms with Crippen molar-refractivity contribution in [1.29, 1.82) is 0 Å². The molecule has 24 heteroatoms. The van der Waals surface area contributed by atoms with E-state index in [0.29, 0.717) is 25.8 Å². The van der Waals surface area contributed by atoms with E-state index in [0.717, 1.165) is 56.7 Å². The minimum atomic E-state index is -2.61. The highest BCUT2D eigenvalue weighted by molar-refractivity contribution is 6.63. The lowest BCUT2D eigenvalue weighted by Crippen LogP contribution is -2.59. The molecular formula is C64H128Cl3N9O12. The van der Waals surface area contributed by atoms with Crippen LogP contribution in [0.25, 0.3) is 0 Å². The van der Waals surface area contributed by atoms with Crippen LogP contribution in [0.4, 0.5) is 9.59 Å². The molecule has 0 bridgehead atoms. The van der Waals surface area contributed by atoms with Gasteiger partial charge in [-0.3, -0.25) is 24.2 Å². The number of halogens is 3. The van der Waals surface area contributed by atoms with Gasteiger partial charge in [-0.05, 0) is 189 Å². The van der Waals surface area contributed by atoms with E-state index < -0.39 is 112 Å². The quantitative estimate of drug-likeness (QED) is 0.102. The number of aliphatic hydroxyl groups is 4. The second-order valence-electron chi connectivity index (χ2n) is 27.0. The first-order valence-electron chi connectivity index (χ1n) is 34.9. The molecule has 8 rings (SSSR count). The fourth-order valence-electron chi connectivity index (χ4n) is 7.92. The van der Waals surface area contributed by atoms with Crippen LogP contribution in [0.5, 0.6) is 0 Å². The van der Waals surface area contributed by atoms with Gasteiger partial charge in [0.25, 0.3) is 0 Å². The molecule has 8 aliphatic rings. The first kappa shape index (κ1) is 67.6. The summed E-state index contributed by atoms with van der Waals surface area (Å²) in [6.07, 6.45) is -1.75. The van der Waals surface area contributed by atoms with Crippen molar-refractivity contribution in [3.8, 4) is 0 Å². The lowest BCUT2D eigenvalue weighted by atomic mass is 9.83. The molecule has 21 nitrogen and oxygen atoms in total. The molecule has 4 atom stereocenters. The Balaban J connectivity index is -0.000000543. The molecule has 88 heavy (non-hydrogen) atoms. The number of guanidine groups is 1. The zero-order valence-electron chi connectivity index (χ0n) is 66.2. The molecule has 7 saturated heterocycles. The second-order valence-corrected chi connectivity index (χ2v) is 28.8. The maximum Gasteiger partial charge on any atom is 0.410 e. The molecule has 4 amide bonds. The van der Waals surface area contributed by atoms with Crippen molar-refractivity contribution in [3.05, 3.63) is 0 Å². The standard InChI is InChI=1S/2C13H25NO3.2C8H17NO.C7H13N3.2C5H7NO2.CHCl3.4CH4/c2*1-11(2,3)17-10(15)14-9-13(6,16)8-7-12(14,4)5;2*1-7(2)4-5-8(3,10)6-9-7;1-3-8-7-9-4-2-6-10(7)5-1;2*7-4-1-2-5(8)6-3-4;2-1(3)4;;;;/h2*16H,7-9H2,1-6H3;2*9-10H,4-6H2,1-3H3;1-6H2,(H,8,9);2*1-3H2,(H,6,8);1H;4*1H4/i8D2,9D2;;5D2,6D2;;;1D2,3D2;;1D;;;;. The Bertz CT molecular complexity index is 2640. The summed E-state index contributed by atoms with van der Waals surface area (Å²) < 4.78 is 106. The number of nitrogens with zero attached hydrogens (tertiary/aromatic N) is 4. The van der Waals surface area contributed by atoms with Crippen LogP contribution in [0.1, 0.15) is 262 Å². The average molecular weight is 1340 g/mol. The van der Waals surface area contributed by atoms with Gasteiger partial charge in [0.15, 0.2) is 21.8 Å². The topological polar surface area (TPSA) is 284 Å². The molecule has 0 aromatic rings. The number of hydrogen-bond acceptors (Lipinski definition) is 17. The first-order chi connectivity index (χ1) is 42.7. The summed E-state index contributed by atoms with van der Waals surface area (Å²) in [7, 11) is 0. The van der Waals surface area contributed by atoms with E-state index >= 15 is 0 Å². The van der Waals surface area contributed by atoms with Gasteiger partial charge in [0.1, 0.15) is 11.2 Å². The first-order valence-corrected chi connectivity index (χ1v) is 29.6. The molecule has 9 N–H and O–H groups in total. The Morgan fingerprint density at radius 2 is 1.09 bits per heavy atom. The molecular weight excluding hydrogens is 1190 g/mol. The van der Waals surface area contributed by atoms with Gasteiger partial charge in [0, 0.05) is 98.0 Å². The van der Waals surface area contributed by atoms with Crippen molar-refractivity contribution in [2.24, 2.45) is 4.99 Å². The number of piperidine rings is 6. The maximum absolute atomic E-state index is 12.4. The Kier molecular flexibility index (Phi) is 29.7. The third kappa shape index (κ3) is 40.5. The summed E-state index contributed by atoms with van der Waals surface area (Å²) in [5.74, 6) is -0.758. The van der Waals surface area contributed by atoms with Crippen molar-refractivity contribution in [2.45, 2.75) is 304 Å². The normalized spacial score (nSPS) is 32.9. The molecule has 522 valence electrons. The number of Topliss-reactive ketones (excluding diaryl/α,β-unsaturated/α-hetero) is 2. The number of likely N-dealkylation sites (tertiary alicyclic amines) is 2. The van der Waals surface area contributed by atoms with Crippen LogP contribution < -0.4 is 26.6 Å². The molecule has 8 aliphatic heterocycles. The van der Waals surface area contributed by atoms with Crippen LogP contribution in [0, 0.1) is 0 Å². The zero-order chi connectivity index (χ0) is 76.7. The number of ketones is 2. The Labute approximate surface area is 566 Å². The van der Waals surface area contributed by atoms with Crippen LogP contribution in [0.15, 0.2) is 4.99 Å². The van der Waals surface area contributed by atoms with Crippen LogP contribution in [0.3, 0.4) is 0 Å². The minimum Gasteiger partial charge on any atom is -0.444 e. The van der Waals surface area contributed by atoms with Gasteiger partial charge < -0.3 is 71.2 Å². The summed E-state index contributed by atoms with van der Waals surface area (Å²) in [5.41, 5.74) is -8.81. The zero-order valence-corrected chi connectivity index (χ0v) is 55.5. The van der Waals surface area contributed by atoms with Gasteiger partial charge in [-0.15, -0.1) is 0 Å². The molecule has 0 radical (unpaired) electrons. The van der Waals surface area contributed by atoms with E-state index in [4.69, 9.17) is 62.1 Å². The number of nitrogens with one attached hydrogen (secondary N) is 5. The highest BCUT2D eigenvalue weighted by Crippen LogP contribution is 2.35. The predicted molar refractivity (Wildman–Crippen MR) is 362 cm³/mol. The Hall–Kier alpha value is -3.28. The molecule has 0 aromatic carbocycles. The number of carbonyl (C=O) groups is 6. The van der Waals surface area contributed by atoms with Gasteiger partial charge in [0.05, 0.1) is 55.3 Å². The van der Waals surface area contributed by atoms with Crippen molar-refractivity contribution < 1.29 is 76.5 Å². The van der Waals surface area contributed by atoms with Crippen molar-refractivity contribution in [2.75, 3.05) is 65.3 Å². The summed E-state index contributed by atoms with van der Waals surface area (Å²) in [4.78, 5) is 76.0. The number of ether oxygens (including phenoxy) is 2. The maximum atomic E-state index is 12.4. The fraction of sp³-hybridized carbons (Fsp3) is 0.891. The third-order valence-corrected chi connectivity index (χ3v) is 13.1. The number of β-amino-alcohol motifs (C(OH)–C–C–N with tert-alkyl or cyclic N) is 4.